The second-order valence-electron chi connectivity index (χ2n) is 6.74. The zero-order valence-corrected chi connectivity index (χ0v) is 15.1. The highest BCUT2D eigenvalue weighted by Crippen LogP contribution is 2.20. The summed E-state index contributed by atoms with van der Waals surface area (Å²) in [6.45, 7) is 1.88. The molecule has 0 aromatic carbocycles. The van der Waals surface area contributed by atoms with Gasteiger partial charge in [0.05, 0.1) is 0 Å². The van der Waals surface area contributed by atoms with Gasteiger partial charge in [0.2, 0.25) is 0 Å². The molecule has 3 aromatic rings. The maximum atomic E-state index is 12.6. The van der Waals surface area contributed by atoms with Crippen LogP contribution in [0.15, 0.2) is 47.7 Å². The lowest BCUT2D eigenvalue weighted by Gasteiger charge is -2.32. The lowest BCUT2D eigenvalue weighted by molar-refractivity contribution is 0.0669. The van der Waals surface area contributed by atoms with Crippen molar-refractivity contribution in [2.24, 2.45) is 13.0 Å². The largest absolute Gasteiger partial charge is 0.337 e. The molecule has 27 heavy (non-hydrogen) atoms. The number of amides is 1. The van der Waals surface area contributed by atoms with Gasteiger partial charge in [0.1, 0.15) is 5.69 Å². The van der Waals surface area contributed by atoms with Crippen LogP contribution in [0, 0.1) is 5.92 Å². The fourth-order valence-corrected chi connectivity index (χ4v) is 3.40. The number of piperidine rings is 1. The SMILES string of the molecule is Cn1nccc1C(=O)N1CCC(Cn2nc(-n3cccn3)ccc2=O)CC1. The van der Waals surface area contributed by atoms with E-state index >= 15 is 0 Å². The van der Waals surface area contributed by atoms with E-state index in [1.54, 1.807) is 47.1 Å². The summed E-state index contributed by atoms with van der Waals surface area (Å²) in [7, 11) is 1.77. The topological polar surface area (TPSA) is 90.8 Å². The Morgan fingerprint density at radius 3 is 2.63 bits per heavy atom. The lowest BCUT2D eigenvalue weighted by atomic mass is 9.96. The fourth-order valence-electron chi connectivity index (χ4n) is 3.40. The van der Waals surface area contributed by atoms with E-state index in [-0.39, 0.29) is 11.5 Å². The van der Waals surface area contributed by atoms with Crippen LogP contribution in [0.5, 0.6) is 0 Å². The number of aromatic nitrogens is 6. The molecule has 1 aliphatic rings. The maximum Gasteiger partial charge on any atom is 0.272 e. The normalized spacial score (nSPS) is 15.2. The molecule has 9 heteroatoms. The van der Waals surface area contributed by atoms with Crippen molar-refractivity contribution >= 4 is 5.91 Å². The van der Waals surface area contributed by atoms with E-state index in [0.29, 0.717) is 37.1 Å². The van der Waals surface area contributed by atoms with Gasteiger partial charge < -0.3 is 4.90 Å². The number of carbonyl (C=O) groups excluding carboxylic acids is 1. The number of likely N-dealkylation sites (tertiary alicyclic amines) is 1. The first kappa shape index (κ1) is 17.2. The molecule has 0 N–H and O–H groups in total. The van der Waals surface area contributed by atoms with E-state index in [4.69, 9.17) is 0 Å². The molecule has 0 spiro atoms. The molecular formula is C18H21N7O2. The Kier molecular flexibility index (Phi) is 4.57. The molecule has 4 rings (SSSR count). The van der Waals surface area contributed by atoms with E-state index in [1.165, 1.54) is 10.7 Å². The summed E-state index contributed by atoms with van der Waals surface area (Å²) >= 11 is 0. The molecule has 1 amide bonds. The van der Waals surface area contributed by atoms with Gasteiger partial charge in [0.15, 0.2) is 5.82 Å². The standard InChI is InChI=1S/C18H21N7O2/c1-22-15(5-9-19-22)18(27)23-11-6-14(7-12-23)13-25-17(26)4-3-16(21-25)24-10-2-8-20-24/h2-5,8-10,14H,6-7,11-13H2,1H3. The summed E-state index contributed by atoms with van der Waals surface area (Å²) in [6, 6.07) is 6.73. The third-order valence-electron chi connectivity index (χ3n) is 4.96. The summed E-state index contributed by atoms with van der Waals surface area (Å²) < 4.78 is 4.73. The third kappa shape index (κ3) is 3.53. The average molecular weight is 367 g/mol. The van der Waals surface area contributed by atoms with Crippen molar-refractivity contribution in [1.29, 1.82) is 0 Å². The summed E-state index contributed by atoms with van der Waals surface area (Å²) in [6.07, 6.45) is 6.77. The summed E-state index contributed by atoms with van der Waals surface area (Å²) in [5.74, 6) is 0.923. The average Bonchev–Trinajstić information content (AvgIpc) is 3.35. The molecule has 0 bridgehead atoms. The Morgan fingerprint density at radius 2 is 1.96 bits per heavy atom. The Morgan fingerprint density at radius 1 is 1.15 bits per heavy atom. The van der Waals surface area contributed by atoms with Crippen molar-refractivity contribution in [1.82, 2.24) is 34.2 Å². The molecule has 9 nitrogen and oxygen atoms in total. The van der Waals surface area contributed by atoms with Crippen LogP contribution in [-0.2, 0) is 13.6 Å². The van der Waals surface area contributed by atoms with E-state index in [0.717, 1.165) is 12.8 Å². The van der Waals surface area contributed by atoms with E-state index < -0.39 is 0 Å². The smallest absolute Gasteiger partial charge is 0.272 e. The van der Waals surface area contributed by atoms with Crippen LogP contribution in [0.4, 0.5) is 0 Å². The van der Waals surface area contributed by atoms with Gasteiger partial charge in [-0.3, -0.25) is 14.3 Å². The Hall–Kier alpha value is -3.23. The molecular weight excluding hydrogens is 346 g/mol. The van der Waals surface area contributed by atoms with Gasteiger partial charge in [-0.25, -0.2) is 9.36 Å². The van der Waals surface area contributed by atoms with Gasteiger partial charge in [0.25, 0.3) is 11.5 Å². The minimum Gasteiger partial charge on any atom is -0.337 e. The fraction of sp³-hybridized carbons (Fsp3) is 0.389. The molecule has 140 valence electrons. The number of hydrogen-bond donors (Lipinski definition) is 0. The lowest BCUT2D eigenvalue weighted by Crippen LogP contribution is -2.41. The van der Waals surface area contributed by atoms with Crippen molar-refractivity contribution in [3.05, 3.63) is 58.9 Å². The first-order valence-corrected chi connectivity index (χ1v) is 8.97. The van der Waals surface area contributed by atoms with Crippen LogP contribution >= 0.6 is 0 Å². The second kappa shape index (κ2) is 7.18. The van der Waals surface area contributed by atoms with Crippen LogP contribution in [0.1, 0.15) is 23.3 Å². The van der Waals surface area contributed by atoms with Gasteiger partial charge in [-0.2, -0.15) is 10.2 Å². The van der Waals surface area contributed by atoms with Gasteiger partial charge in [-0.05, 0) is 37.0 Å². The van der Waals surface area contributed by atoms with Crippen molar-refractivity contribution in [3.8, 4) is 5.82 Å². The predicted octanol–water partition coefficient (Wildman–Crippen LogP) is 0.715. The zero-order chi connectivity index (χ0) is 18.8. The second-order valence-corrected chi connectivity index (χ2v) is 6.74. The highest BCUT2D eigenvalue weighted by Gasteiger charge is 2.25. The molecule has 0 unspecified atom stereocenters. The Balaban J connectivity index is 1.41. The summed E-state index contributed by atoms with van der Waals surface area (Å²) in [4.78, 5) is 26.6. The highest BCUT2D eigenvalue weighted by atomic mass is 16.2. The third-order valence-corrected chi connectivity index (χ3v) is 4.96. The molecule has 1 aliphatic heterocycles. The minimum absolute atomic E-state index is 0.00409. The quantitative estimate of drug-likeness (QED) is 0.677. The number of carbonyl (C=O) groups is 1. The van der Waals surface area contributed by atoms with Crippen molar-refractivity contribution in [3.63, 3.8) is 0 Å². The van der Waals surface area contributed by atoms with Crippen LogP contribution in [0.3, 0.4) is 0 Å². The summed E-state index contributed by atoms with van der Waals surface area (Å²) in [5.41, 5.74) is 0.470. The first-order chi connectivity index (χ1) is 13.1. The van der Waals surface area contributed by atoms with E-state index in [1.807, 2.05) is 11.0 Å². The van der Waals surface area contributed by atoms with E-state index in [2.05, 4.69) is 15.3 Å². The first-order valence-electron chi connectivity index (χ1n) is 8.97. The molecule has 0 saturated carbocycles. The monoisotopic (exact) mass is 367 g/mol. The molecule has 0 aliphatic carbocycles. The van der Waals surface area contributed by atoms with Gasteiger partial charge in [-0.15, -0.1) is 5.10 Å². The van der Waals surface area contributed by atoms with Crippen LogP contribution in [0.2, 0.25) is 0 Å². The number of nitrogens with zero attached hydrogens (tertiary/aromatic N) is 7. The molecule has 1 saturated heterocycles. The Bertz CT molecular complexity index is 981. The number of rotatable bonds is 4. The van der Waals surface area contributed by atoms with Gasteiger partial charge in [-0.1, -0.05) is 0 Å². The van der Waals surface area contributed by atoms with Crippen LogP contribution < -0.4 is 5.56 Å². The number of hydrogen-bond acceptors (Lipinski definition) is 5. The molecule has 1 fully saturated rings. The Labute approximate surface area is 155 Å². The van der Waals surface area contributed by atoms with E-state index in [9.17, 15) is 9.59 Å². The zero-order valence-electron chi connectivity index (χ0n) is 15.1. The van der Waals surface area contributed by atoms with Crippen molar-refractivity contribution in [2.45, 2.75) is 19.4 Å². The molecule has 3 aromatic heterocycles. The van der Waals surface area contributed by atoms with Gasteiger partial charge in [0, 0.05) is 51.3 Å². The van der Waals surface area contributed by atoms with Crippen LogP contribution in [-0.4, -0.2) is 53.2 Å². The minimum atomic E-state index is -0.126. The maximum absolute atomic E-state index is 12.6. The number of aryl methyl sites for hydroxylation is 1. The molecule has 4 heterocycles. The van der Waals surface area contributed by atoms with Crippen LogP contribution in [0.25, 0.3) is 5.82 Å². The molecule has 0 atom stereocenters. The predicted molar refractivity (Wildman–Crippen MR) is 97.5 cm³/mol. The summed E-state index contributed by atoms with van der Waals surface area (Å²) in [5, 5.41) is 12.6. The van der Waals surface area contributed by atoms with Crippen molar-refractivity contribution < 1.29 is 4.79 Å². The molecule has 0 radical (unpaired) electrons. The van der Waals surface area contributed by atoms with Gasteiger partial charge >= 0.3 is 0 Å². The highest BCUT2D eigenvalue weighted by molar-refractivity contribution is 5.92. The van der Waals surface area contributed by atoms with Crippen molar-refractivity contribution in [2.75, 3.05) is 13.1 Å².